The number of benzene rings is 1. The van der Waals surface area contributed by atoms with Crippen LogP contribution in [-0.4, -0.2) is 4.98 Å². The third kappa shape index (κ3) is 2.65. The largest absolute Gasteiger partial charge is 0.371 e. The fourth-order valence-corrected chi connectivity index (χ4v) is 1.85. The molecule has 1 aromatic carbocycles. The van der Waals surface area contributed by atoms with E-state index in [0.717, 1.165) is 5.56 Å². The van der Waals surface area contributed by atoms with Crippen LogP contribution in [0.5, 0.6) is 0 Å². The number of aromatic nitrogens is 1. The van der Waals surface area contributed by atoms with Gasteiger partial charge in [0.15, 0.2) is 0 Å². The standard InChI is InChI=1S/C12H14N.CH3.Y/c1-8(2)11-9(3)4-5-10-6-7-13-12(10)11;;/h4-8,13H,3H2,1-2H3;1H3;/q2*-1;. The third-order valence-electron chi connectivity index (χ3n) is 2.44. The van der Waals surface area contributed by atoms with Crippen LogP contribution in [0.25, 0.3) is 10.9 Å². The van der Waals surface area contributed by atoms with Gasteiger partial charge in [-0.05, 0) is 17.0 Å². The van der Waals surface area contributed by atoms with Crippen molar-refractivity contribution in [3.05, 3.63) is 49.9 Å². The molecular formula is C13H17NY-2. The van der Waals surface area contributed by atoms with Crippen LogP contribution in [-0.2, 0) is 32.7 Å². The minimum absolute atomic E-state index is 0. The Bertz CT molecular complexity index is 429. The van der Waals surface area contributed by atoms with Crippen molar-refractivity contribution in [1.29, 1.82) is 0 Å². The van der Waals surface area contributed by atoms with Crippen molar-refractivity contribution in [3.63, 3.8) is 0 Å². The van der Waals surface area contributed by atoms with Crippen molar-refractivity contribution >= 4 is 10.9 Å². The quantitative estimate of drug-likeness (QED) is 0.760. The molecular weight excluding hydrogens is 259 g/mol. The van der Waals surface area contributed by atoms with Crippen molar-refractivity contribution in [2.45, 2.75) is 19.8 Å². The van der Waals surface area contributed by atoms with Crippen LogP contribution in [0.2, 0.25) is 0 Å². The zero-order valence-corrected chi connectivity index (χ0v) is 12.5. The van der Waals surface area contributed by atoms with Crippen molar-refractivity contribution in [2.24, 2.45) is 0 Å². The second-order valence-electron chi connectivity index (χ2n) is 3.73. The Balaban J connectivity index is 0.000000980. The Hall–Kier alpha value is -0.266. The molecule has 2 heteroatoms. The zero-order chi connectivity index (χ0) is 9.42. The smallest absolute Gasteiger partial charge is 0.000663 e. The number of aromatic amines is 1. The summed E-state index contributed by atoms with van der Waals surface area (Å²) in [7, 11) is 0. The summed E-state index contributed by atoms with van der Waals surface area (Å²) in [6.45, 7) is 8.45. The summed E-state index contributed by atoms with van der Waals surface area (Å²) >= 11 is 0. The summed E-state index contributed by atoms with van der Waals surface area (Å²) in [6, 6.07) is 6.30. The van der Waals surface area contributed by atoms with E-state index in [1.165, 1.54) is 16.5 Å². The van der Waals surface area contributed by atoms with Gasteiger partial charge in [-0.25, -0.2) is 0 Å². The molecule has 1 N–H and O–H groups in total. The molecule has 0 aliphatic carbocycles. The Morgan fingerprint density at radius 2 is 1.87 bits per heavy atom. The summed E-state index contributed by atoms with van der Waals surface area (Å²) < 4.78 is 0. The molecule has 2 rings (SSSR count). The number of fused-ring (bicyclic) bond motifs is 1. The first-order valence-corrected chi connectivity index (χ1v) is 4.62. The van der Waals surface area contributed by atoms with Crippen LogP contribution >= 0.6 is 0 Å². The number of nitrogens with one attached hydrogen (secondary N) is 1. The molecule has 0 unspecified atom stereocenters. The number of hydrogen-bond donors (Lipinski definition) is 1. The number of rotatable bonds is 1. The molecule has 15 heavy (non-hydrogen) atoms. The topological polar surface area (TPSA) is 15.8 Å². The van der Waals surface area contributed by atoms with E-state index in [1.807, 2.05) is 6.20 Å². The van der Waals surface area contributed by atoms with Crippen molar-refractivity contribution < 1.29 is 32.7 Å². The van der Waals surface area contributed by atoms with E-state index in [9.17, 15) is 0 Å². The molecule has 1 aromatic heterocycles. The van der Waals surface area contributed by atoms with Crippen LogP contribution in [0.4, 0.5) is 0 Å². The second-order valence-corrected chi connectivity index (χ2v) is 3.73. The SMILES string of the molecule is [CH2-]c1ccc2cc[nH]c2c1C(C)C.[CH3-].[Y]. The molecule has 0 saturated heterocycles. The first kappa shape index (κ1) is 14.7. The Kier molecular flexibility index (Phi) is 5.62. The van der Waals surface area contributed by atoms with Gasteiger partial charge < -0.3 is 12.4 Å². The first-order chi connectivity index (χ1) is 6.20. The summed E-state index contributed by atoms with van der Waals surface area (Å²) in [4.78, 5) is 3.27. The third-order valence-corrected chi connectivity index (χ3v) is 2.44. The van der Waals surface area contributed by atoms with Crippen LogP contribution in [0, 0.1) is 14.4 Å². The number of hydrogen-bond acceptors (Lipinski definition) is 0. The van der Waals surface area contributed by atoms with Gasteiger partial charge in [0.25, 0.3) is 0 Å². The van der Waals surface area contributed by atoms with Crippen LogP contribution in [0.15, 0.2) is 24.4 Å². The van der Waals surface area contributed by atoms with Crippen molar-refractivity contribution in [1.82, 2.24) is 4.98 Å². The monoisotopic (exact) mass is 276 g/mol. The van der Waals surface area contributed by atoms with E-state index in [1.54, 1.807) is 0 Å². The molecule has 0 aliphatic rings. The summed E-state index contributed by atoms with van der Waals surface area (Å²) in [5, 5.41) is 1.27. The van der Waals surface area contributed by atoms with Gasteiger partial charge in [0.1, 0.15) is 0 Å². The van der Waals surface area contributed by atoms with Gasteiger partial charge in [0.05, 0.1) is 0 Å². The normalized spacial score (nSPS) is 9.80. The Morgan fingerprint density at radius 1 is 1.20 bits per heavy atom. The molecule has 0 fully saturated rings. The van der Waals surface area contributed by atoms with E-state index in [-0.39, 0.29) is 40.1 Å². The van der Waals surface area contributed by atoms with Gasteiger partial charge >= 0.3 is 0 Å². The Labute approximate surface area is 118 Å². The molecule has 2 aromatic rings. The minimum Gasteiger partial charge on any atom is -0.371 e. The van der Waals surface area contributed by atoms with Crippen LogP contribution in [0.1, 0.15) is 30.9 Å². The van der Waals surface area contributed by atoms with E-state index >= 15 is 0 Å². The molecule has 1 heterocycles. The van der Waals surface area contributed by atoms with E-state index in [4.69, 9.17) is 0 Å². The molecule has 0 spiro atoms. The predicted molar refractivity (Wildman–Crippen MR) is 63.3 cm³/mol. The van der Waals surface area contributed by atoms with Gasteiger partial charge in [-0.1, -0.05) is 19.8 Å². The van der Waals surface area contributed by atoms with Crippen LogP contribution < -0.4 is 0 Å². The van der Waals surface area contributed by atoms with E-state index in [2.05, 4.69) is 44.0 Å². The van der Waals surface area contributed by atoms with E-state index < -0.39 is 0 Å². The van der Waals surface area contributed by atoms with E-state index in [0.29, 0.717) is 5.92 Å². The fraction of sp³-hybridized carbons (Fsp3) is 0.231. The minimum atomic E-state index is 0. The average molecular weight is 276 g/mol. The number of H-pyrrole nitrogens is 1. The van der Waals surface area contributed by atoms with Gasteiger partial charge in [0.2, 0.25) is 0 Å². The van der Waals surface area contributed by atoms with Gasteiger partial charge in [-0.15, -0.1) is 11.6 Å². The summed E-state index contributed by atoms with van der Waals surface area (Å²) in [5.74, 6) is 0.523. The van der Waals surface area contributed by atoms with Gasteiger partial charge in [-0.3, -0.25) is 0 Å². The maximum atomic E-state index is 4.05. The fourth-order valence-electron chi connectivity index (χ4n) is 1.85. The van der Waals surface area contributed by atoms with Crippen LogP contribution in [0.3, 0.4) is 0 Å². The maximum Gasteiger partial charge on any atom is 0.000663 e. The van der Waals surface area contributed by atoms with Crippen molar-refractivity contribution in [3.8, 4) is 0 Å². The molecule has 79 valence electrons. The Morgan fingerprint density at radius 3 is 2.47 bits per heavy atom. The average Bonchev–Trinajstić information content (AvgIpc) is 2.50. The zero-order valence-electron chi connectivity index (χ0n) is 9.67. The van der Waals surface area contributed by atoms with Crippen molar-refractivity contribution in [2.75, 3.05) is 0 Å². The molecule has 0 saturated carbocycles. The molecule has 0 atom stereocenters. The predicted octanol–water partition coefficient (Wildman–Crippen LogP) is 3.92. The molecule has 0 amide bonds. The molecule has 1 nitrogen and oxygen atoms in total. The molecule has 0 bridgehead atoms. The summed E-state index contributed by atoms with van der Waals surface area (Å²) in [6.07, 6.45) is 1.98. The first-order valence-electron chi connectivity index (χ1n) is 4.62. The van der Waals surface area contributed by atoms with Gasteiger partial charge in [-0.2, -0.15) is 18.6 Å². The molecule has 0 aliphatic heterocycles. The molecule has 1 radical (unpaired) electrons. The summed E-state index contributed by atoms with van der Waals surface area (Å²) in [5.41, 5.74) is 3.70. The second kappa shape index (κ2) is 5.72. The maximum absolute atomic E-state index is 4.05. The van der Waals surface area contributed by atoms with Gasteiger partial charge in [0, 0.05) is 38.9 Å².